The largest absolute Gasteiger partial charge is 0.454 e. The number of nitrogens with two attached hydrogens (primary N) is 1. The minimum absolute atomic E-state index is 0.0745. The van der Waals surface area contributed by atoms with Crippen LogP contribution in [0.25, 0.3) is 11.3 Å². The lowest BCUT2D eigenvalue weighted by atomic mass is 9.79. The zero-order valence-electron chi connectivity index (χ0n) is 16.5. The fourth-order valence-electron chi connectivity index (χ4n) is 3.48. The molecule has 2 N–H and O–H groups in total. The number of anilines is 1. The van der Waals surface area contributed by atoms with Gasteiger partial charge in [0.2, 0.25) is 0 Å². The minimum Gasteiger partial charge on any atom is -0.454 e. The molecule has 162 valence electrons. The van der Waals surface area contributed by atoms with Gasteiger partial charge >= 0.3 is 6.18 Å². The zero-order chi connectivity index (χ0) is 22.2. The number of benzene rings is 2. The number of halogens is 4. The molecule has 0 saturated heterocycles. The first-order chi connectivity index (χ1) is 14.8. The third-order valence-electron chi connectivity index (χ3n) is 5.32. The van der Waals surface area contributed by atoms with Gasteiger partial charge in [0, 0.05) is 16.0 Å². The van der Waals surface area contributed by atoms with Crippen molar-refractivity contribution in [3.05, 3.63) is 59.7 Å². The molecule has 1 fully saturated rings. The molecule has 0 radical (unpaired) electrons. The second-order valence-electron chi connectivity index (χ2n) is 7.26. The molecule has 0 amide bonds. The number of hydrogen-bond acceptors (Lipinski definition) is 5. The maximum atomic E-state index is 15.6. The Balaban J connectivity index is 1.79. The van der Waals surface area contributed by atoms with Crippen molar-refractivity contribution in [1.82, 2.24) is 9.97 Å². The van der Waals surface area contributed by atoms with Crippen molar-refractivity contribution in [1.29, 1.82) is 0 Å². The topological polar surface area (TPSA) is 61.0 Å². The Hall–Kier alpha value is -2.81. The Kier molecular flexibility index (Phi) is 5.79. The molecular formula is C22H19F4N3OS. The SMILES string of the molecule is CSc1ccc(Oc2c(C3CCC3)ccc(-c3cnc(N)cn3)c2F)cc1C(F)(F)F. The summed E-state index contributed by atoms with van der Waals surface area (Å²) in [5.74, 6) is -0.550. The Labute approximate surface area is 180 Å². The predicted octanol–water partition coefficient (Wildman–Crippen LogP) is 6.67. The molecule has 1 heterocycles. The first kappa shape index (κ1) is 21.4. The molecule has 4 nitrogen and oxygen atoms in total. The van der Waals surface area contributed by atoms with Gasteiger partial charge in [0.15, 0.2) is 11.6 Å². The van der Waals surface area contributed by atoms with Crippen LogP contribution >= 0.6 is 11.8 Å². The number of nitrogen functional groups attached to an aromatic ring is 1. The molecule has 1 aliphatic rings. The summed E-state index contributed by atoms with van der Waals surface area (Å²) in [4.78, 5) is 8.11. The van der Waals surface area contributed by atoms with Crippen LogP contribution in [-0.2, 0) is 6.18 Å². The van der Waals surface area contributed by atoms with Crippen molar-refractivity contribution >= 4 is 17.6 Å². The second kappa shape index (κ2) is 8.37. The van der Waals surface area contributed by atoms with Gasteiger partial charge in [-0.05, 0) is 49.3 Å². The highest BCUT2D eigenvalue weighted by Gasteiger charge is 2.34. The van der Waals surface area contributed by atoms with Gasteiger partial charge in [0.25, 0.3) is 0 Å². The highest BCUT2D eigenvalue weighted by atomic mass is 32.2. The van der Waals surface area contributed by atoms with Crippen LogP contribution < -0.4 is 10.5 Å². The summed E-state index contributed by atoms with van der Waals surface area (Å²) in [7, 11) is 0. The van der Waals surface area contributed by atoms with Crippen LogP contribution in [0.4, 0.5) is 23.4 Å². The third-order valence-corrected chi connectivity index (χ3v) is 6.11. The third kappa shape index (κ3) is 4.32. The molecule has 0 spiro atoms. The molecule has 1 aliphatic carbocycles. The molecule has 3 aromatic rings. The fourth-order valence-corrected chi connectivity index (χ4v) is 4.08. The van der Waals surface area contributed by atoms with Crippen LogP contribution in [0.2, 0.25) is 0 Å². The normalized spacial score (nSPS) is 14.4. The minimum atomic E-state index is -4.55. The van der Waals surface area contributed by atoms with Gasteiger partial charge in [-0.2, -0.15) is 13.2 Å². The van der Waals surface area contributed by atoms with Crippen LogP contribution in [0, 0.1) is 5.82 Å². The van der Waals surface area contributed by atoms with Crippen LogP contribution in [-0.4, -0.2) is 16.2 Å². The first-order valence-electron chi connectivity index (χ1n) is 9.61. The fraction of sp³-hybridized carbons (Fsp3) is 0.273. The first-order valence-corrected chi connectivity index (χ1v) is 10.8. The molecule has 9 heteroatoms. The van der Waals surface area contributed by atoms with E-state index in [4.69, 9.17) is 10.5 Å². The monoisotopic (exact) mass is 449 g/mol. The number of aromatic nitrogens is 2. The predicted molar refractivity (Wildman–Crippen MR) is 112 cm³/mol. The maximum Gasteiger partial charge on any atom is 0.417 e. The highest BCUT2D eigenvalue weighted by Crippen LogP contribution is 2.46. The molecular weight excluding hydrogens is 430 g/mol. The number of thioether (sulfide) groups is 1. The molecule has 2 aromatic carbocycles. The average Bonchev–Trinajstić information content (AvgIpc) is 2.69. The van der Waals surface area contributed by atoms with E-state index in [2.05, 4.69) is 9.97 Å². The summed E-state index contributed by atoms with van der Waals surface area (Å²) in [6, 6.07) is 7.00. The van der Waals surface area contributed by atoms with Gasteiger partial charge in [0.05, 0.1) is 23.7 Å². The van der Waals surface area contributed by atoms with Crippen molar-refractivity contribution < 1.29 is 22.3 Å². The zero-order valence-corrected chi connectivity index (χ0v) is 17.4. The van der Waals surface area contributed by atoms with Gasteiger partial charge in [0.1, 0.15) is 11.6 Å². The Morgan fingerprint density at radius 2 is 1.87 bits per heavy atom. The second-order valence-corrected chi connectivity index (χ2v) is 8.11. The lowest BCUT2D eigenvalue weighted by Crippen LogP contribution is -2.12. The molecule has 0 atom stereocenters. The number of alkyl halides is 3. The van der Waals surface area contributed by atoms with E-state index in [-0.39, 0.29) is 39.4 Å². The molecule has 0 aliphatic heterocycles. The molecule has 0 bridgehead atoms. The van der Waals surface area contributed by atoms with Crippen molar-refractivity contribution in [3.8, 4) is 22.8 Å². The van der Waals surface area contributed by atoms with Gasteiger partial charge < -0.3 is 10.5 Å². The van der Waals surface area contributed by atoms with Crippen molar-refractivity contribution in [2.24, 2.45) is 0 Å². The van der Waals surface area contributed by atoms with Gasteiger partial charge in [-0.1, -0.05) is 12.5 Å². The lowest BCUT2D eigenvalue weighted by Gasteiger charge is -2.28. The van der Waals surface area contributed by atoms with Crippen LogP contribution in [0.5, 0.6) is 11.5 Å². The van der Waals surface area contributed by atoms with Crippen LogP contribution in [0.1, 0.15) is 36.3 Å². The number of ether oxygens (including phenoxy) is 1. The van der Waals surface area contributed by atoms with E-state index in [9.17, 15) is 13.2 Å². The Bertz CT molecular complexity index is 1100. The summed E-state index contributed by atoms with van der Waals surface area (Å²) >= 11 is 0.987. The molecule has 1 saturated carbocycles. The number of hydrogen-bond donors (Lipinski definition) is 1. The number of nitrogens with zero attached hydrogens (tertiary/aromatic N) is 2. The summed E-state index contributed by atoms with van der Waals surface area (Å²) in [5, 5.41) is 0. The Morgan fingerprint density at radius 1 is 1.10 bits per heavy atom. The highest BCUT2D eigenvalue weighted by molar-refractivity contribution is 7.98. The van der Waals surface area contributed by atoms with E-state index in [0.717, 1.165) is 37.1 Å². The van der Waals surface area contributed by atoms with Crippen molar-refractivity contribution in [2.75, 3.05) is 12.0 Å². The summed E-state index contributed by atoms with van der Waals surface area (Å²) in [6.45, 7) is 0. The van der Waals surface area contributed by atoms with E-state index in [1.807, 2.05) is 0 Å². The molecule has 4 rings (SSSR count). The molecule has 1 aromatic heterocycles. The molecule has 0 unspecified atom stereocenters. The van der Waals surface area contributed by atoms with Crippen molar-refractivity contribution in [2.45, 2.75) is 36.3 Å². The quantitative estimate of drug-likeness (QED) is 0.348. The van der Waals surface area contributed by atoms with Gasteiger partial charge in [-0.15, -0.1) is 11.8 Å². The summed E-state index contributed by atoms with van der Waals surface area (Å²) in [5.41, 5.74) is 5.77. The average molecular weight is 449 g/mol. The standard InChI is InChI=1S/C22H19F4N3OS/c1-31-18-8-5-13(9-16(18)22(24,25)26)30-21-14(12-3-2-4-12)6-7-15(20(21)23)17-10-29-19(27)11-28-17/h5-12H,2-4H2,1H3,(H2,27,29). The van der Waals surface area contributed by atoms with Crippen LogP contribution in [0.3, 0.4) is 0 Å². The maximum absolute atomic E-state index is 15.6. The summed E-state index contributed by atoms with van der Waals surface area (Å²) < 4.78 is 61.7. The van der Waals surface area contributed by atoms with E-state index in [1.165, 1.54) is 24.5 Å². The Morgan fingerprint density at radius 3 is 2.45 bits per heavy atom. The summed E-state index contributed by atoms with van der Waals surface area (Å²) in [6.07, 6.45) is 2.43. The van der Waals surface area contributed by atoms with Gasteiger partial charge in [-0.25, -0.2) is 9.37 Å². The van der Waals surface area contributed by atoms with E-state index >= 15 is 4.39 Å². The number of rotatable bonds is 5. The smallest absolute Gasteiger partial charge is 0.417 e. The van der Waals surface area contributed by atoms with Crippen LogP contribution in [0.15, 0.2) is 47.6 Å². The van der Waals surface area contributed by atoms with E-state index < -0.39 is 17.6 Å². The van der Waals surface area contributed by atoms with E-state index in [0.29, 0.717) is 5.56 Å². The van der Waals surface area contributed by atoms with Crippen molar-refractivity contribution in [3.63, 3.8) is 0 Å². The molecule has 31 heavy (non-hydrogen) atoms. The lowest BCUT2D eigenvalue weighted by molar-refractivity contribution is -0.139. The van der Waals surface area contributed by atoms with E-state index in [1.54, 1.807) is 18.4 Å². The van der Waals surface area contributed by atoms with Gasteiger partial charge in [-0.3, -0.25) is 4.98 Å².